The minimum Gasteiger partial charge on any atom is -0.370 e. The maximum absolute atomic E-state index is 4.36. The molecule has 0 unspecified atom stereocenters. The van der Waals surface area contributed by atoms with Gasteiger partial charge in [-0.1, -0.05) is 0 Å². The Morgan fingerprint density at radius 2 is 2.14 bits per heavy atom. The fourth-order valence-electron chi connectivity index (χ4n) is 1.55. The summed E-state index contributed by atoms with van der Waals surface area (Å²) >= 11 is 0. The maximum Gasteiger partial charge on any atom is 0.143 e. The zero-order valence-corrected chi connectivity index (χ0v) is 8.68. The van der Waals surface area contributed by atoms with E-state index in [4.69, 9.17) is 0 Å². The van der Waals surface area contributed by atoms with Gasteiger partial charge in [-0.15, -0.1) is 0 Å². The minimum absolute atomic E-state index is 0.787. The van der Waals surface area contributed by atoms with Gasteiger partial charge in [-0.3, -0.25) is 0 Å². The van der Waals surface area contributed by atoms with Crippen LogP contribution in [0.2, 0.25) is 0 Å². The molecule has 0 saturated heterocycles. The second-order valence-electron chi connectivity index (χ2n) is 3.36. The summed E-state index contributed by atoms with van der Waals surface area (Å²) in [7, 11) is 0. The number of hydrogen-bond donors (Lipinski definition) is 2. The summed E-state index contributed by atoms with van der Waals surface area (Å²) in [5, 5.41) is 4.30. The fourth-order valence-corrected chi connectivity index (χ4v) is 1.55. The average Bonchev–Trinajstić information content (AvgIpc) is 2.45. The molecule has 0 aliphatic heterocycles. The predicted molar refractivity (Wildman–Crippen MR) is 57.5 cm³/mol. The van der Waals surface area contributed by atoms with E-state index in [1.54, 1.807) is 0 Å². The van der Waals surface area contributed by atoms with Crippen molar-refractivity contribution in [3.63, 3.8) is 0 Å². The number of aryl methyl sites for hydroxylation is 2. The lowest BCUT2D eigenvalue weighted by atomic mass is 10.3. The van der Waals surface area contributed by atoms with Gasteiger partial charge in [-0.25, -0.2) is 9.97 Å². The van der Waals surface area contributed by atoms with Crippen LogP contribution in [0.15, 0.2) is 6.07 Å². The van der Waals surface area contributed by atoms with E-state index in [0.29, 0.717) is 0 Å². The first-order valence-electron chi connectivity index (χ1n) is 4.78. The van der Waals surface area contributed by atoms with Crippen LogP contribution in [-0.2, 0) is 0 Å². The van der Waals surface area contributed by atoms with E-state index in [2.05, 4.69) is 33.3 Å². The molecule has 0 aliphatic carbocycles. The first-order valence-corrected chi connectivity index (χ1v) is 4.78. The zero-order valence-electron chi connectivity index (χ0n) is 8.68. The Morgan fingerprint density at radius 1 is 1.36 bits per heavy atom. The minimum atomic E-state index is 0.787. The highest BCUT2D eigenvalue weighted by molar-refractivity contribution is 5.87. The first kappa shape index (κ1) is 8.99. The summed E-state index contributed by atoms with van der Waals surface area (Å²) in [6, 6.07) is 2.06. The van der Waals surface area contributed by atoms with E-state index in [9.17, 15) is 0 Å². The third-order valence-corrected chi connectivity index (χ3v) is 2.08. The van der Waals surface area contributed by atoms with Crippen LogP contribution in [0.3, 0.4) is 0 Å². The molecule has 0 aliphatic rings. The molecule has 4 nitrogen and oxygen atoms in total. The van der Waals surface area contributed by atoms with Gasteiger partial charge in [-0.05, 0) is 26.8 Å². The Kier molecular flexibility index (Phi) is 2.11. The molecule has 0 spiro atoms. The molecular weight excluding hydrogens is 176 g/mol. The van der Waals surface area contributed by atoms with Gasteiger partial charge in [0.2, 0.25) is 0 Å². The molecule has 0 radical (unpaired) electrons. The van der Waals surface area contributed by atoms with Crippen LogP contribution in [0.4, 0.5) is 5.82 Å². The van der Waals surface area contributed by atoms with Gasteiger partial charge >= 0.3 is 0 Å². The maximum atomic E-state index is 4.36. The summed E-state index contributed by atoms with van der Waals surface area (Å²) in [4.78, 5) is 11.9. The highest BCUT2D eigenvalue weighted by atomic mass is 15.0. The fraction of sp³-hybridized carbons (Fsp3) is 0.400. The van der Waals surface area contributed by atoms with Crippen molar-refractivity contribution in [2.24, 2.45) is 0 Å². The molecule has 0 atom stereocenters. The van der Waals surface area contributed by atoms with Crippen molar-refractivity contribution in [3.05, 3.63) is 17.6 Å². The smallest absolute Gasteiger partial charge is 0.143 e. The summed E-state index contributed by atoms with van der Waals surface area (Å²) in [5.41, 5.74) is 2.02. The van der Waals surface area contributed by atoms with Gasteiger partial charge in [0, 0.05) is 12.2 Å². The molecule has 2 rings (SSSR count). The van der Waals surface area contributed by atoms with E-state index >= 15 is 0 Å². The Labute approximate surface area is 82.8 Å². The van der Waals surface area contributed by atoms with E-state index in [1.165, 1.54) is 0 Å². The lowest BCUT2D eigenvalue weighted by Gasteiger charge is -2.03. The molecule has 2 aromatic rings. The van der Waals surface area contributed by atoms with Gasteiger partial charge < -0.3 is 10.3 Å². The van der Waals surface area contributed by atoms with Crippen molar-refractivity contribution in [3.8, 4) is 0 Å². The molecule has 2 N–H and O–H groups in total. The molecule has 0 saturated carbocycles. The molecular formula is C10H14N4. The number of fused-ring (bicyclic) bond motifs is 1. The number of anilines is 1. The number of H-pyrrole nitrogens is 1. The van der Waals surface area contributed by atoms with Crippen LogP contribution in [0.5, 0.6) is 0 Å². The largest absolute Gasteiger partial charge is 0.370 e. The van der Waals surface area contributed by atoms with Crippen molar-refractivity contribution in [1.29, 1.82) is 0 Å². The highest BCUT2D eigenvalue weighted by Crippen LogP contribution is 2.20. The highest BCUT2D eigenvalue weighted by Gasteiger charge is 2.06. The van der Waals surface area contributed by atoms with Gasteiger partial charge in [0.25, 0.3) is 0 Å². The Morgan fingerprint density at radius 3 is 2.86 bits per heavy atom. The summed E-state index contributed by atoms with van der Waals surface area (Å²) in [6.07, 6.45) is 0. The third-order valence-electron chi connectivity index (χ3n) is 2.08. The summed E-state index contributed by atoms with van der Waals surface area (Å²) in [6.45, 7) is 6.85. The molecule has 0 bridgehead atoms. The van der Waals surface area contributed by atoms with Crippen molar-refractivity contribution >= 4 is 16.9 Å². The number of rotatable bonds is 2. The second kappa shape index (κ2) is 3.29. The molecule has 0 aromatic carbocycles. The standard InChI is InChI=1S/C10H14N4/c1-4-11-9-8-5-6(2)12-10(8)14-7(3)13-9/h5H,4H2,1-3H3,(H2,11,12,13,14). The second-order valence-corrected chi connectivity index (χ2v) is 3.36. The molecule has 4 heteroatoms. The monoisotopic (exact) mass is 190 g/mol. The lowest BCUT2D eigenvalue weighted by molar-refractivity contribution is 1.06. The van der Waals surface area contributed by atoms with Crippen LogP contribution >= 0.6 is 0 Å². The van der Waals surface area contributed by atoms with Crippen molar-refractivity contribution in [2.45, 2.75) is 20.8 Å². The molecule has 2 heterocycles. The molecule has 74 valence electrons. The van der Waals surface area contributed by atoms with Gasteiger partial charge in [0.05, 0.1) is 5.39 Å². The number of aromatic amines is 1. The van der Waals surface area contributed by atoms with E-state index in [0.717, 1.165) is 34.9 Å². The molecule has 2 aromatic heterocycles. The SMILES string of the molecule is CCNc1nc(C)nc2[nH]c(C)cc12. The van der Waals surface area contributed by atoms with Crippen LogP contribution < -0.4 is 5.32 Å². The van der Waals surface area contributed by atoms with Crippen LogP contribution in [0.1, 0.15) is 18.4 Å². The number of hydrogen-bond acceptors (Lipinski definition) is 3. The van der Waals surface area contributed by atoms with Gasteiger partial charge in [-0.2, -0.15) is 0 Å². The number of nitrogens with zero attached hydrogens (tertiary/aromatic N) is 2. The number of nitrogens with one attached hydrogen (secondary N) is 2. The van der Waals surface area contributed by atoms with Crippen LogP contribution in [0.25, 0.3) is 11.0 Å². The van der Waals surface area contributed by atoms with Crippen LogP contribution in [-0.4, -0.2) is 21.5 Å². The topological polar surface area (TPSA) is 53.6 Å². The summed E-state index contributed by atoms with van der Waals surface area (Å²) < 4.78 is 0. The normalized spacial score (nSPS) is 10.8. The average molecular weight is 190 g/mol. The zero-order chi connectivity index (χ0) is 10.1. The van der Waals surface area contributed by atoms with Crippen molar-refractivity contribution in [1.82, 2.24) is 15.0 Å². The lowest BCUT2D eigenvalue weighted by Crippen LogP contribution is -2.01. The Hall–Kier alpha value is -1.58. The quantitative estimate of drug-likeness (QED) is 0.761. The first-order chi connectivity index (χ1) is 6.70. The summed E-state index contributed by atoms with van der Waals surface area (Å²) in [5.74, 6) is 1.70. The Balaban J connectivity index is 2.66. The van der Waals surface area contributed by atoms with Gasteiger partial charge in [0.15, 0.2) is 0 Å². The third kappa shape index (κ3) is 1.43. The van der Waals surface area contributed by atoms with Gasteiger partial charge in [0.1, 0.15) is 17.3 Å². The Bertz CT molecular complexity index is 458. The molecule has 0 amide bonds. The van der Waals surface area contributed by atoms with Crippen molar-refractivity contribution < 1.29 is 0 Å². The molecule has 14 heavy (non-hydrogen) atoms. The predicted octanol–water partition coefficient (Wildman–Crippen LogP) is 2.01. The van der Waals surface area contributed by atoms with E-state index in [-0.39, 0.29) is 0 Å². The molecule has 0 fully saturated rings. The van der Waals surface area contributed by atoms with E-state index < -0.39 is 0 Å². The van der Waals surface area contributed by atoms with Crippen molar-refractivity contribution in [2.75, 3.05) is 11.9 Å². The number of aromatic nitrogens is 3. The van der Waals surface area contributed by atoms with E-state index in [1.807, 2.05) is 13.8 Å². The van der Waals surface area contributed by atoms with Crippen LogP contribution in [0, 0.1) is 13.8 Å².